The van der Waals surface area contributed by atoms with Crippen LogP contribution in [0, 0.1) is 24.0 Å². The maximum atomic E-state index is 11.3. The number of aryl methyl sites for hydroxylation is 2. The highest BCUT2D eigenvalue weighted by atomic mass is 16.6. The van der Waals surface area contributed by atoms with Gasteiger partial charge < -0.3 is 10.2 Å². The second kappa shape index (κ2) is 7.38. The normalized spacial score (nSPS) is 15.0. The smallest absolute Gasteiger partial charge is 0.278 e. The number of pyridine rings is 1. The van der Waals surface area contributed by atoms with Gasteiger partial charge in [0.15, 0.2) is 0 Å². The van der Waals surface area contributed by atoms with Gasteiger partial charge in [-0.05, 0) is 44.9 Å². The molecule has 1 aromatic carbocycles. The van der Waals surface area contributed by atoms with E-state index in [2.05, 4.69) is 25.2 Å². The molecule has 1 aliphatic heterocycles. The Kier molecular flexibility index (Phi) is 4.77. The monoisotopic (exact) mass is 378 g/mol. The summed E-state index contributed by atoms with van der Waals surface area (Å²) in [6.07, 6.45) is 3.57. The van der Waals surface area contributed by atoms with Crippen LogP contribution < -0.4 is 10.2 Å². The van der Waals surface area contributed by atoms with Crippen molar-refractivity contribution in [2.24, 2.45) is 0 Å². The van der Waals surface area contributed by atoms with E-state index in [1.165, 1.54) is 0 Å². The highest BCUT2D eigenvalue weighted by Gasteiger charge is 2.22. The van der Waals surface area contributed by atoms with Gasteiger partial charge in [-0.25, -0.2) is 9.97 Å². The van der Waals surface area contributed by atoms with Crippen LogP contribution in [0.25, 0.3) is 10.9 Å². The van der Waals surface area contributed by atoms with Gasteiger partial charge in [-0.2, -0.15) is 0 Å². The number of nitro groups is 1. The predicted octanol–water partition coefficient (Wildman–Crippen LogP) is 3.63. The fourth-order valence-electron chi connectivity index (χ4n) is 3.77. The number of rotatable bonds is 4. The van der Waals surface area contributed by atoms with Crippen LogP contribution in [-0.4, -0.2) is 39.0 Å². The van der Waals surface area contributed by atoms with Crippen molar-refractivity contribution in [3.8, 4) is 0 Å². The summed E-state index contributed by atoms with van der Waals surface area (Å²) in [4.78, 5) is 26.5. The molecule has 3 heterocycles. The van der Waals surface area contributed by atoms with Gasteiger partial charge in [-0.1, -0.05) is 0 Å². The first kappa shape index (κ1) is 18.1. The number of anilines is 2. The molecule has 0 spiro atoms. The quantitative estimate of drug-likeness (QED) is 0.547. The lowest BCUT2D eigenvalue weighted by Crippen LogP contribution is -2.39. The molecule has 0 unspecified atom stereocenters. The second-order valence-electron chi connectivity index (χ2n) is 7.11. The van der Waals surface area contributed by atoms with Crippen molar-refractivity contribution in [3.63, 3.8) is 0 Å². The first-order valence-electron chi connectivity index (χ1n) is 9.37. The van der Waals surface area contributed by atoms with E-state index in [9.17, 15) is 10.1 Å². The summed E-state index contributed by atoms with van der Waals surface area (Å²) in [5, 5.41) is 15.4. The fourth-order valence-corrected chi connectivity index (χ4v) is 3.77. The molecule has 1 N–H and O–H groups in total. The number of hydrogen-bond acceptors (Lipinski definition) is 7. The minimum absolute atomic E-state index is 0.0815. The predicted molar refractivity (Wildman–Crippen MR) is 109 cm³/mol. The van der Waals surface area contributed by atoms with Crippen LogP contribution in [0.2, 0.25) is 0 Å². The first-order chi connectivity index (χ1) is 13.5. The number of nitrogens with one attached hydrogen (secondary N) is 1. The third kappa shape index (κ3) is 3.58. The van der Waals surface area contributed by atoms with Gasteiger partial charge >= 0.3 is 0 Å². The van der Waals surface area contributed by atoms with Crippen molar-refractivity contribution < 1.29 is 4.92 Å². The van der Waals surface area contributed by atoms with Crippen molar-refractivity contribution in [2.45, 2.75) is 32.7 Å². The maximum Gasteiger partial charge on any atom is 0.278 e. The van der Waals surface area contributed by atoms with Crippen LogP contribution >= 0.6 is 0 Å². The zero-order chi connectivity index (χ0) is 19.7. The number of hydrogen-bond donors (Lipinski definition) is 1. The Morgan fingerprint density at radius 1 is 1.18 bits per heavy atom. The van der Waals surface area contributed by atoms with Gasteiger partial charge in [-0.15, -0.1) is 0 Å². The minimum Gasteiger partial charge on any atom is -0.380 e. The summed E-state index contributed by atoms with van der Waals surface area (Å²) in [5.74, 6) is 1.77. The Labute approximate surface area is 162 Å². The van der Waals surface area contributed by atoms with Crippen LogP contribution in [0.4, 0.5) is 17.2 Å². The highest BCUT2D eigenvalue weighted by Crippen LogP contribution is 2.31. The molecule has 2 aromatic heterocycles. The van der Waals surface area contributed by atoms with E-state index in [1.54, 1.807) is 30.5 Å². The molecule has 4 rings (SSSR count). The highest BCUT2D eigenvalue weighted by molar-refractivity contribution is 5.96. The first-order valence-corrected chi connectivity index (χ1v) is 9.37. The molecule has 3 aromatic rings. The van der Waals surface area contributed by atoms with Gasteiger partial charge in [0.25, 0.3) is 5.69 Å². The zero-order valence-electron chi connectivity index (χ0n) is 15.9. The van der Waals surface area contributed by atoms with E-state index in [1.807, 2.05) is 19.9 Å². The van der Waals surface area contributed by atoms with Crippen molar-refractivity contribution in [1.82, 2.24) is 15.0 Å². The van der Waals surface area contributed by atoms with E-state index in [0.29, 0.717) is 10.9 Å². The fraction of sp³-hybridized carbons (Fsp3) is 0.350. The number of non-ortho nitro benzene ring substituents is 1. The van der Waals surface area contributed by atoms with Gasteiger partial charge in [0.2, 0.25) is 0 Å². The van der Waals surface area contributed by atoms with Crippen LogP contribution in [0.3, 0.4) is 0 Å². The Morgan fingerprint density at radius 2 is 1.96 bits per heavy atom. The van der Waals surface area contributed by atoms with Crippen molar-refractivity contribution in [2.75, 3.05) is 23.3 Å². The van der Waals surface area contributed by atoms with Gasteiger partial charge in [0, 0.05) is 43.2 Å². The number of piperidine rings is 1. The molecule has 0 atom stereocenters. The lowest BCUT2D eigenvalue weighted by atomic mass is 10.0. The molecular formula is C20H22N6O2. The Hall–Kier alpha value is -3.29. The molecule has 144 valence electrons. The molecule has 8 heteroatoms. The van der Waals surface area contributed by atoms with Crippen LogP contribution in [0.5, 0.6) is 0 Å². The summed E-state index contributed by atoms with van der Waals surface area (Å²) in [5.41, 5.74) is 2.54. The van der Waals surface area contributed by atoms with Gasteiger partial charge in [0.05, 0.1) is 16.0 Å². The number of benzene rings is 1. The van der Waals surface area contributed by atoms with Gasteiger partial charge in [-0.3, -0.25) is 15.1 Å². The molecule has 0 amide bonds. The van der Waals surface area contributed by atoms with Crippen LogP contribution in [0.1, 0.15) is 24.4 Å². The lowest BCUT2D eigenvalue weighted by Gasteiger charge is -2.34. The van der Waals surface area contributed by atoms with Crippen LogP contribution in [0.15, 0.2) is 36.5 Å². The molecule has 28 heavy (non-hydrogen) atoms. The molecule has 0 saturated carbocycles. The average Bonchev–Trinajstić information content (AvgIpc) is 2.68. The van der Waals surface area contributed by atoms with E-state index < -0.39 is 0 Å². The molecule has 8 nitrogen and oxygen atoms in total. The molecule has 0 radical (unpaired) electrons. The molecule has 0 aliphatic carbocycles. The molecular weight excluding hydrogens is 356 g/mol. The van der Waals surface area contributed by atoms with E-state index in [0.717, 1.165) is 49.0 Å². The van der Waals surface area contributed by atoms with E-state index in [-0.39, 0.29) is 16.7 Å². The average molecular weight is 378 g/mol. The maximum absolute atomic E-state index is 11.3. The summed E-state index contributed by atoms with van der Waals surface area (Å²) < 4.78 is 0. The van der Waals surface area contributed by atoms with Crippen molar-refractivity contribution in [1.29, 1.82) is 0 Å². The summed E-state index contributed by atoms with van der Waals surface area (Å²) >= 11 is 0. The standard InChI is InChI=1S/C20H22N6O2/c1-13-12-19(23-14(2)22-13)25-10-7-15(8-11-25)24-17-5-6-18(26(27)28)16-4-3-9-21-20(16)17/h3-6,9,12,15,24H,7-8,10-11H2,1-2H3. The van der Waals surface area contributed by atoms with Gasteiger partial charge in [0.1, 0.15) is 17.2 Å². The Bertz CT molecular complexity index is 1010. The third-order valence-corrected chi connectivity index (χ3v) is 5.07. The summed E-state index contributed by atoms with van der Waals surface area (Å²) in [6, 6.07) is 9.09. The Morgan fingerprint density at radius 3 is 2.68 bits per heavy atom. The zero-order valence-corrected chi connectivity index (χ0v) is 15.9. The van der Waals surface area contributed by atoms with Crippen molar-refractivity contribution in [3.05, 3.63) is 58.2 Å². The number of aromatic nitrogens is 3. The summed E-state index contributed by atoms with van der Waals surface area (Å²) in [7, 11) is 0. The number of nitrogens with zero attached hydrogens (tertiary/aromatic N) is 5. The lowest BCUT2D eigenvalue weighted by molar-refractivity contribution is -0.383. The summed E-state index contributed by atoms with van der Waals surface area (Å²) in [6.45, 7) is 5.69. The number of nitro benzene ring substituents is 1. The van der Waals surface area contributed by atoms with E-state index >= 15 is 0 Å². The third-order valence-electron chi connectivity index (χ3n) is 5.07. The van der Waals surface area contributed by atoms with Crippen molar-refractivity contribution >= 4 is 28.1 Å². The second-order valence-corrected chi connectivity index (χ2v) is 7.11. The Balaban J connectivity index is 1.50. The van der Waals surface area contributed by atoms with E-state index in [4.69, 9.17) is 0 Å². The molecule has 1 aliphatic rings. The SMILES string of the molecule is Cc1cc(N2CCC(Nc3ccc([N+](=O)[O-])c4cccnc34)CC2)nc(C)n1. The molecule has 0 bridgehead atoms. The minimum atomic E-state index is -0.363. The largest absolute Gasteiger partial charge is 0.380 e. The molecule has 1 saturated heterocycles. The topological polar surface area (TPSA) is 97.1 Å². The molecule has 1 fully saturated rings. The number of fused-ring (bicyclic) bond motifs is 1. The van der Waals surface area contributed by atoms with Crippen LogP contribution in [-0.2, 0) is 0 Å².